The molecular weight excluding hydrogens is 226 g/mol. The minimum absolute atomic E-state index is 0.460. The lowest BCUT2D eigenvalue weighted by Gasteiger charge is -2.17. The van der Waals surface area contributed by atoms with Crippen LogP contribution in [0.5, 0.6) is 0 Å². The van der Waals surface area contributed by atoms with Gasteiger partial charge in [-0.1, -0.05) is 30.7 Å². The maximum Gasteiger partial charge on any atom is 0.0294 e. The van der Waals surface area contributed by atoms with Crippen molar-refractivity contribution in [2.45, 2.75) is 40.2 Å². The van der Waals surface area contributed by atoms with E-state index in [0.29, 0.717) is 6.04 Å². The maximum atomic E-state index is 3.60. The van der Waals surface area contributed by atoms with Gasteiger partial charge >= 0.3 is 0 Å². The first kappa shape index (κ1) is 14.6. The molecule has 0 aliphatic heterocycles. The molecule has 0 aliphatic rings. The molecular formula is C15H25NS. The molecule has 0 amide bonds. The van der Waals surface area contributed by atoms with E-state index in [1.165, 1.54) is 34.6 Å². The first-order valence-corrected chi connectivity index (χ1v) is 7.69. The summed E-state index contributed by atoms with van der Waals surface area (Å²) in [6.45, 7) is 9.94. The number of thioether (sulfide) groups is 1. The fraction of sp³-hybridized carbons (Fsp3) is 0.600. The Balaban J connectivity index is 2.38. The normalized spacial score (nSPS) is 12.7. The summed E-state index contributed by atoms with van der Waals surface area (Å²) >= 11 is 2.02. The molecule has 0 heterocycles. The van der Waals surface area contributed by atoms with Crippen molar-refractivity contribution in [3.8, 4) is 0 Å². The fourth-order valence-corrected chi connectivity index (χ4v) is 2.70. The Morgan fingerprint density at radius 1 is 1.29 bits per heavy atom. The summed E-state index contributed by atoms with van der Waals surface area (Å²) in [5, 5.41) is 3.60. The van der Waals surface area contributed by atoms with Crippen LogP contribution in [0.3, 0.4) is 0 Å². The van der Waals surface area contributed by atoms with E-state index >= 15 is 0 Å². The third kappa shape index (κ3) is 5.13. The van der Waals surface area contributed by atoms with Crippen LogP contribution in [0.4, 0.5) is 0 Å². The maximum absolute atomic E-state index is 3.60. The van der Waals surface area contributed by atoms with Crippen molar-refractivity contribution in [1.82, 2.24) is 5.32 Å². The van der Waals surface area contributed by atoms with Gasteiger partial charge in [-0.3, -0.25) is 0 Å². The molecule has 2 heteroatoms. The number of hydrogen-bond donors (Lipinski definition) is 1. The van der Waals surface area contributed by atoms with Crippen LogP contribution in [0.15, 0.2) is 18.2 Å². The molecule has 0 saturated carbocycles. The number of aryl methyl sites for hydroxylation is 2. The van der Waals surface area contributed by atoms with Gasteiger partial charge < -0.3 is 5.32 Å². The van der Waals surface area contributed by atoms with Gasteiger partial charge in [0.15, 0.2) is 0 Å². The van der Waals surface area contributed by atoms with Gasteiger partial charge in [-0.25, -0.2) is 0 Å². The van der Waals surface area contributed by atoms with Gasteiger partial charge in [0.1, 0.15) is 0 Å². The van der Waals surface area contributed by atoms with Crippen LogP contribution < -0.4 is 5.32 Å². The molecule has 96 valence electrons. The van der Waals surface area contributed by atoms with E-state index in [9.17, 15) is 0 Å². The molecule has 1 nitrogen and oxygen atoms in total. The predicted octanol–water partition coefficient (Wildman–Crippen LogP) is 4.10. The van der Waals surface area contributed by atoms with E-state index < -0.39 is 0 Å². The van der Waals surface area contributed by atoms with Crippen LogP contribution in [0, 0.1) is 13.8 Å². The SMILES string of the molecule is CCSCCCNC(C)c1ccc(C)cc1C. The van der Waals surface area contributed by atoms with Gasteiger partial charge in [0, 0.05) is 6.04 Å². The van der Waals surface area contributed by atoms with E-state index in [-0.39, 0.29) is 0 Å². The second-order valence-corrected chi connectivity index (χ2v) is 5.98. The minimum atomic E-state index is 0.460. The number of nitrogens with one attached hydrogen (secondary N) is 1. The lowest BCUT2D eigenvalue weighted by Crippen LogP contribution is -2.21. The smallest absolute Gasteiger partial charge is 0.0294 e. The Morgan fingerprint density at radius 2 is 2.06 bits per heavy atom. The Bertz CT molecular complexity index is 336. The highest BCUT2D eigenvalue weighted by Gasteiger charge is 2.07. The zero-order valence-corrected chi connectivity index (χ0v) is 12.4. The first-order valence-electron chi connectivity index (χ1n) is 6.53. The van der Waals surface area contributed by atoms with Crippen molar-refractivity contribution in [2.24, 2.45) is 0 Å². The zero-order valence-electron chi connectivity index (χ0n) is 11.5. The lowest BCUT2D eigenvalue weighted by atomic mass is 10.0. The summed E-state index contributed by atoms with van der Waals surface area (Å²) in [5.74, 6) is 2.50. The van der Waals surface area contributed by atoms with E-state index in [2.05, 4.69) is 51.2 Å². The lowest BCUT2D eigenvalue weighted by molar-refractivity contribution is 0.570. The highest BCUT2D eigenvalue weighted by molar-refractivity contribution is 7.99. The molecule has 0 aromatic heterocycles. The third-order valence-corrected chi connectivity index (χ3v) is 4.00. The van der Waals surface area contributed by atoms with Crippen LogP contribution >= 0.6 is 11.8 Å². The standard InChI is InChI=1S/C15H25NS/c1-5-17-10-6-9-16-14(4)15-8-7-12(2)11-13(15)3/h7-8,11,14,16H,5-6,9-10H2,1-4H3. The van der Waals surface area contributed by atoms with Crippen LogP contribution in [0.25, 0.3) is 0 Å². The summed E-state index contributed by atoms with van der Waals surface area (Å²) in [7, 11) is 0. The summed E-state index contributed by atoms with van der Waals surface area (Å²) < 4.78 is 0. The number of rotatable bonds is 7. The van der Waals surface area contributed by atoms with Gasteiger partial charge in [-0.15, -0.1) is 0 Å². The molecule has 0 saturated heterocycles. The van der Waals surface area contributed by atoms with Gasteiger partial charge in [0.2, 0.25) is 0 Å². The fourth-order valence-electron chi connectivity index (χ4n) is 2.06. The van der Waals surface area contributed by atoms with Crippen LogP contribution in [-0.4, -0.2) is 18.1 Å². The molecule has 1 atom stereocenters. The second kappa shape index (κ2) is 7.78. The number of benzene rings is 1. The highest BCUT2D eigenvalue weighted by Crippen LogP contribution is 2.18. The van der Waals surface area contributed by atoms with Crippen LogP contribution in [0.2, 0.25) is 0 Å². The highest BCUT2D eigenvalue weighted by atomic mass is 32.2. The largest absolute Gasteiger partial charge is 0.310 e. The number of hydrogen-bond acceptors (Lipinski definition) is 2. The molecule has 1 N–H and O–H groups in total. The van der Waals surface area contributed by atoms with E-state index in [1.54, 1.807) is 0 Å². The average Bonchev–Trinajstić information content (AvgIpc) is 2.28. The molecule has 0 aliphatic carbocycles. The first-order chi connectivity index (χ1) is 8.15. The van der Waals surface area contributed by atoms with Crippen LogP contribution in [-0.2, 0) is 0 Å². The quantitative estimate of drug-likeness (QED) is 0.732. The Hall–Kier alpha value is -0.470. The van der Waals surface area contributed by atoms with E-state index in [0.717, 1.165) is 6.54 Å². The molecule has 1 aromatic rings. The Morgan fingerprint density at radius 3 is 2.71 bits per heavy atom. The summed E-state index contributed by atoms with van der Waals surface area (Å²) in [6.07, 6.45) is 1.26. The topological polar surface area (TPSA) is 12.0 Å². The van der Waals surface area contributed by atoms with Crippen molar-refractivity contribution < 1.29 is 0 Å². The molecule has 0 spiro atoms. The Kier molecular flexibility index (Phi) is 6.68. The second-order valence-electron chi connectivity index (χ2n) is 4.59. The Labute approximate surface area is 110 Å². The van der Waals surface area contributed by atoms with Crippen molar-refractivity contribution in [2.75, 3.05) is 18.1 Å². The van der Waals surface area contributed by atoms with Gasteiger partial charge in [0.25, 0.3) is 0 Å². The molecule has 17 heavy (non-hydrogen) atoms. The molecule has 1 unspecified atom stereocenters. The third-order valence-electron chi connectivity index (χ3n) is 3.01. The van der Waals surface area contributed by atoms with Crippen LogP contribution in [0.1, 0.15) is 43.0 Å². The predicted molar refractivity (Wildman–Crippen MR) is 79.9 cm³/mol. The molecule has 0 bridgehead atoms. The minimum Gasteiger partial charge on any atom is -0.310 e. The van der Waals surface area contributed by atoms with Crippen molar-refractivity contribution in [3.63, 3.8) is 0 Å². The van der Waals surface area contributed by atoms with Crippen molar-refractivity contribution >= 4 is 11.8 Å². The summed E-state index contributed by atoms with van der Waals surface area (Å²) in [6, 6.07) is 7.18. The van der Waals surface area contributed by atoms with Gasteiger partial charge in [0.05, 0.1) is 0 Å². The summed E-state index contributed by atoms with van der Waals surface area (Å²) in [5.41, 5.74) is 4.17. The molecule has 0 radical (unpaired) electrons. The van der Waals surface area contributed by atoms with Crippen molar-refractivity contribution in [3.05, 3.63) is 34.9 Å². The molecule has 0 fully saturated rings. The van der Waals surface area contributed by atoms with Gasteiger partial charge in [-0.2, -0.15) is 11.8 Å². The zero-order chi connectivity index (χ0) is 12.7. The average molecular weight is 251 g/mol. The van der Waals surface area contributed by atoms with E-state index in [1.807, 2.05) is 11.8 Å². The summed E-state index contributed by atoms with van der Waals surface area (Å²) in [4.78, 5) is 0. The van der Waals surface area contributed by atoms with Gasteiger partial charge in [-0.05, 0) is 56.4 Å². The molecule has 1 aromatic carbocycles. The monoisotopic (exact) mass is 251 g/mol. The molecule has 1 rings (SSSR count). The van der Waals surface area contributed by atoms with E-state index in [4.69, 9.17) is 0 Å². The van der Waals surface area contributed by atoms with Crippen molar-refractivity contribution in [1.29, 1.82) is 0 Å².